The second kappa shape index (κ2) is 7.75. The van der Waals surface area contributed by atoms with Crippen molar-refractivity contribution >= 4 is 5.91 Å². The molecule has 1 unspecified atom stereocenters. The molecule has 0 aliphatic rings. The number of nitrogens with two attached hydrogens (primary N) is 1. The summed E-state index contributed by atoms with van der Waals surface area (Å²) in [7, 11) is 3.16. The van der Waals surface area contributed by atoms with E-state index in [1.54, 1.807) is 32.5 Å². The van der Waals surface area contributed by atoms with Crippen LogP contribution in [0.1, 0.15) is 16.1 Å². The van der Waals surface area contributed by atoms with Gasteiger partial charge in [-0.3, -0.25) is 9.78 Å². The van der Waals surface area contributed by atoms with Crippen LogP contribution in [0.25, 0.3) is 0 Å². The number of aromatic nitrogens is 1. The second-order valence-electron chi connectivity index (χ2n) is 3.78. The fraction of sp³-hybridized carbons (Fsp3) is 0.500. The molecule has 100 valence electrons. The van der Waals surface area contributed by atoms with Crippen LogP contribution in [0, 0.1) is 0 Å². The summed E-state index contributed by atoms with van der Waals surface area (Å²) in [5.74, 6) is -0.239. The molecule has 6 heteroatoms. The van der Waals surface area contributed by atoms with Crippen LogP contribution in [0.2, 0.25) is 0 Å². The molecule has 0 fully saturated rings. The van der Waals surface area contributed by atoms with Crippen molar-refractivity contribution in [3.63, 3.8) is 0 Å². The first-order chi connectivity index (χ1) is 8.71. The first kappa shape index (κ1) is 14.6. The monoisotopic (exact) mass is 253 g/mol. The molecular weight excluding hydrogens is 234 g/mol. The predicted molar refractivity (Wildman–Crippen MR) is 67.1 cm³/mol. The second-order valence-corrected chi connectivity index (χ2v) is 3.78. The minimum Gasteiger partial charge on any atom is -0.382 e. The summed E-state index contributed by atoms with van der Waals surface area (Å²) < 4.78 is 10.1. The molecule has 0 radical (unpaired) electrons. The summed E-state index contributed by atoms with van der Waals surface area (Å²) in [4.78, 5) is 15.8. The van der Waals surface area contributed by atoms with Gasteiger partial charge in [-0.25, -0.2) is 0 Å². The molecule has 0 spiro atoms. The number of carbonyl (C=O) groups is 1. The molecule has 6 nitrogen and oxygen atoms in total. The lowest BCUT2D eigenvalue weighted by molar-refractivity contribution is 0.0285. The number of hydrogen-bond acceptors (Lipinski definition) is 5. The molecule has 0 saturated heterocycles. The van der Waals surface area contributed by atoms with Gasteiger partial charge in [-0.15, -0.1) is 0 Å². The average molecular weight is 253 g/mol. The molecule has 0 aliphatic carbocycles. The Bertz CT molecular complexity index is 367. The Labute approximate surface area is 106 Å². The largest absolute Gasteiger partial charge is 0.382 e. The van der Waals surface area contributed by atoms with Gasteiger partial charge in [-0.05, 0) is 11.6 Å². The van der Waals surface area contributed by atoms with E-state index in [4.69, 9.17) is 15.2 Å². The number of hydrogen-bond donors (Lipinski definition) is 2. The maximum absolute atomic E-state index is 11.8. The Morgan fingerprint density at radius 3 is 2.78 bits per heavy atom. The van der Waals surface area contributed by atoms with Gasteiger partial charge in [0.2, 0.25) is 0 Å². The lowest BCUT2D eigenvalue weighted by Crippen LogP contribution is -2.35. The van der Waals surface area contributed by atoms with E-state index in [2.05, 4.69) is 10.3 Å². The Morgan fingerprint density at radius 1 is 1.50 bits per heavy atom. The van der Waals surface area contributed by atoms with Crippen LogP contribution in [0.4, 0.5) is 0 Å². The van der Waals surface area contributed by atoms with Crippen molar-refractivity contribution in [1.82, 2.24) is 10.3 Å². The van der Waals surface area contributed by atoms with Crippen LogP contribution in [0.3, 0.4) is 0 Å². The first-order valence-electron chi connectivity index (χ1n) is 5.66. The van der Waals surface area contributed by atoms with Crippen molar-refractivity contribution < 1.29 is 14.3 Å². The minimum atomic E-state index is -0.239. The van der Waals surface area contributed by atoms with Gasteiger partial charge in [0.05, 0.1) is 12.7 Å². The lowest BCUT2D eigenvalue weighted by Gasteiger charge is -2.14. The molecule has 3 N–H and O–H groups in total. The van der Waals surface area contributed by atoms with Crippen LogP contribution >= 0.6 is 0 Å². The van der Waals surface area contributed by atoms with Gasteiger partial charge in [0, 0.05) is 33.5 Å². The van der Waals surface area contributed by atoms with E-state index in [1.165, 1.54) is 0 Å². The highest BCUT2D eigenvalue weighted by atomic mass is 16.5. The third kappa shape index (κ3) is 4.40. The van der Waals surface area contributed by atoms with Gasteiger partial charge in [0.1, 0.15) is 5.69 Å². The van der Waals surface area contributed by atoms with Gasteiger partial charge in [-0.2, -0.15) is 0 Å². The van der Waals surface area contributed by atoms with Crippen molar-refractivity contribution in [1.29, 1.82) is 0 Å². The normalized spacial score (nSPS) is 12.2. The van der Waals surface area contributed by atoms with Crippen molar-refractivity contribution in [3.05, 3.63) is 29.6 Å². The van der Waals surface area contributed by atoms with E-state index >= 15 is 0 Å². The van der Waals surface area contributed by atoms with Gasteiger partial charge in [0.15, 0.2) is 0 Å². The average Bonchev–Trinajstić information content (AvgIpc) is 2.43. The van der Waals surface area contributed by atoms with Crippen molar-refractivity contribution in [3.8, 4) is 0 Å². The first-order valence-corrected chi connectivity index (χ1v) is 5.66. The molecule has 0 bridgehead atoms. The molecule has 1 atom stereocenters. The maximum Gasteiger partial charge on any atom is 0.269 e. The molecule has 0 saturated carbocycles. The zero-order valence-corrected chi connectivity index (χ0v) is 10.7. The standard InChI is InChI=1S/C12H19N3O3/c1-17-8-10(18-2)7-15-12(16)11-4-3-9(5-13)6-14-11/h3-4,6,10H,5,7-8,13H2,1-2H3,(H,15,16). The summed E-state index contributed by atoms with van der Waals surface area (Å²) in [6, 6.07) is 3.43. The summed E-state index contributed by atoms with van der Waals surface area (Å²) in [5, 5.41) is 2.73. The summed E-state index contributed by atoms with van der Waals surface area (Å²) in [6.45, 7) is 1.22. The van der Waals surface area contributed by atoms with Gasteiger partial charge in [0.25, 0.3) is 5.91 Å². The number of pyridine rings is 1. The van der Waals surface area contributed by atoms with Crippen molar-refractivity contribution in [2.45, 2.75) is 12.6 Å². The Hall–Kier alpha value is -1.50. The molecule has 1 aromatic rings. The Kier molecular flexibility index (Phi) is 6.27. The highest BCUT2D eigenvalue weighted by molar-refractivity contribution is 5.92. The van der Waals surface area contributed by atoms with E-state index in [1.807, 2.05) is 0 Å². The van der Waals surface area contributed by atoms with E-state index in [0.29, 0.717) is 25.4 Å². The van der Waals surface area contributed by atoms with Crippen LogP contribution in [0.15, 0.2) is 18.3 Å². The Balaban J connectivity index is 2.48. The predicted octanol–water partition coefficient (Wildman–Crippen LogP) is -0.0685. The molecule has 1 amide bonds. The summed E-state index contributed by atoms with van der Waals surface area (Å²) in [6.07, 6.45) is 1.43. The molecule has 1 heterocycles. The quantitative estimate of drug-likeness (QED) is 0.710. The summed E-state index contributed by atoms with van der Waals surface area (Å²) >= 11 is 0. The van der Waals surface area contributed by atoms with Crippen LogP contribution < -0.4 is 11.1 Å². The molecule has 0 aromatic carbocycles. The third-order valence-corrected chi connectivity index (χ3v) is 2.47. The van der Waals surface area contributed by atoms with Crippen LogP contribution in [-0.4, -0.2) is 44.4 Å². The fourth-order valence-corrected chi connectivity index (χ4v) is 1.37. The molecule has 1 aromatic heterocycles. The van der Waals surface area contributed by atoms with Crippen LogP contribution in [0.5, 0.6) is 0 Å². The van der Waals surface area contributed by atoms with Crippen molar-refractivity contribution in [2.75, 3.05) is 27.4 Å². The molecule has 1 rings (SSSR count). The maximum atomic E-state index is 11.8. The highest BCUT2D eigenvalue weighted by Crippen LogP contribution is 1.99. The van der Waals surface area contributed by atoms with Gasteiger partial charge in [-0.1, -0.05) is 6.07 Å². The van der Waals surface area contributed by atoms with Crippen molar-refractivity contribution in [2.24, 2.45) is 5.73 Å². The number of amides is 1. The molecule has 18 heavy (non-hydrogen) atoms. The Morgan fingerprint density at radius 2 is 2.28 bits per heavy atom. The minimum absolute atomic E-state index is 0.165. The zero-order chi connectivity index (χ0) is 13.4. The number of carbonyl (C=O) groups excluding carboxylic acids is 1. The smallest absolute Gasteiger partial charge is 0.269 e. The number of ether oxygens (including phenoxy) is 2. The molecular formula is C12H19N3O3. The third-order valence-electron chi connectivity index (χ3n) is 2.47. The van der Waals surface area contributed by atoms with E-state index in [-0.39, 0.29) is 12.0 Å². The fourth-order valence-electron chi connectivity index (χ4n) is 1.37. The van der Waals surface area contributed by atoms with E-state index in [0.717, 1.165) is 5.56 Å². The van der Waals surface area contributed by atoms with Gasteiger partial charge < -0.3 is 20.5 Å². The SMILES string of the molecule is COCC(CNC(=O)c1ccc(CN)cn1)OC. The number of methoxy groups -OCH3 is 2. The zero-order valence-electron chi connectivity index (χ0n) is 10.7. The van der Waals surface area contributed by atoms with Gasteiger partial charge >= 0.3 is 0 Å². The highest BCUT2D eigenvalue weighted by Gasteiger charge is 2.11. The topological polar surface area (TPSA) is 86.5 Å². The number of nitrogens with zero attached hydrogens (tertiary/aromatic N) is 1. The molecule has 0 aliphatic heterocycles. The lowest BCUT2D eigenvalue weighted by atomic mass is 10.2. The number of rotatable bonds is 7. The van der Waals surface area contributed by atoms with E-state index in [9.17, 15) is 4.79 Å². The summed E-state index contributed by atoms with van der Waals surface area (Å²) in [5.41, 5.74) is 6.70. The van der Waals surface area contributed by atoms with E-state index < -0.39 is 0 Å². The number of nitrogens with one attached hydrogen (secondary N) is 1. The van der Waals surface area contributed by atoms with Crippen LogP contribution in [-0.2, 0) is 16.0 Å².